The Kier molecular flexibility index (Phi) is 3.17. The summed E-state index contributed by atoms with van der Waals surface area (Å²) >= 11 is 5.92. The van der Waals surface area contributed by atoms with Gasteiger partial charge in [-0.2, -0.15) is 0 Å². The molecule has 1 aromatic carbocycles. The monoisotopic (exact) mass is 260 g/mol. The molecule has 0 saturated carbocycles. The smallest absolute Gasteiger partial charge is 0.218 e. The summed E-state index contributed by atoms with van der Waals surface area (Å²) in [6.45, 7) is 2.28. The summed E-state index contributed by atoms with van der Waals surface area (Å²) in [6, 6.07) is 9.84. The molecule has 0 amide bonds. The van der Waals surface area contributed by atoms with Gasteiger partial charge in [-0.1, -0.05) is 23.7 Å². The molecule has 0 aliphatic carbocycles. The number of nitrogens with one attached hydrogen (secondary N) is 1. The van der Waals surface area contributed by atoms with Crippen molar-refractivity contribution in [2.45, 2.75) is 6.54 Å². The minimum atomic E-state index is 0.657. The summed E-state index contributed by atoms with van der Waals surface area (Å²) < 4.78 is 5.63. The van der Waals surface area contributed by atoms with E-state index in [4.69, 9.17) is 16.3 Å². The molecule has 1 aliphatic rings. The fraction of sp³-hybridized carbons (Fsp3) is 0.214. The van der Waals surface area contributed by atoms with E-state index < -0.39 is 0 Å². The highest BCUT2D eigenvalue weighted by atomic mass is 35.5. The lowest BCUT2D eigenvalue weighted by Gasteiger charge is -2.11. The fourth-order valence-corrected chi connectivity index (χ4v) is 2.23. The molecule has 1 aliphatic heterocycles. The lowest BCUT2D eigenvalue weighted by molar-refractivity contribution is 0.314. The van der Waals surface area contributed by atoms with Gasteiger partial charge < -0.3 is 10.1 Å². The van der Waals surface area contributed by atoms with E-state index in [0.717, 1.165) is 40.7 Å². The molecule has 3 nitrogen and oxygen atoms in total. The van der Waals surface area contributed by atoms with Gasteiger partial charge in [-0.25, -0.2) is 4.98 Å². The molecule has 2 aromatic rings. The van der Waals surface area contributed by atoms with Crippen molar-refractivity contribution in [1.82, 2.24) is 10.3 Å². The Morgan fingerprint density at radius 2 is 2.00 bits per heavy atom. The first-order valence-electron chi connectivity index (χ1n) is 5.92. The third-order valence-electron chi connectivity index (χ3n) is 2.99. The predicted octanol–water partition coefficient (Wildman–Crippen LogP) is 2.88. The van der Waals surface area contributed by atoms with Crippen molar-refractivity contribution in [2.75, 3.05) is 13.2 Å². The quantitative estimate of drug-likeness (QED) is 0.856. The Hall–Kier alpha value is -1.58. The van der Waals surface area contributed by atoms with Crippen LogP contribution in [0.15, 0.2) is 36.5 Å². The van der Waals surface area contributed by atoms with Crippen LogP contribution in [0.3, 0.4) is 0 Å². The third kappa shape index (κ3) is 2.19. The van der Waals surface area contributed by atoms with Crippen LogP contribution in [0.25, 0.3) is 11.1 Å². The van der Waals surface area contributed by atoms with E-state index >= 15 is 0 Å². The summed E-state index contributed by atoms with van der Waals surface area (Å²) in [5.74, 6) is 0.729. The molecule has 4 heteroatoms. The number of ether oxygens (including phenoxy) is 1. The van der Waals surface area contributed by atoms with E-state index in [-0.39, 0.29) is 0 Å². The average molecular weight is 261 g/mol. The molecular formula is C14H13ClN2O. The SMILES string of the molecule is Clc1ccc(-c2ccnc3c2CNCCO3)cc1. The van der Waals surface area contributed by atoms with Crippen LogP contribution in [0.4, 0.5) is 0 Å². The lowest BCUT2D eigenvalue weighted by Crippen LogP contribution is -2.16. The number of hydrogen-bond acceptors (Lipinski definition) is 3. The molecule has 18 heavy (non-hydrogen) atoms. The van der Waals surface area contributed by atoms with Crippen molar-refractivity contribution < 1.29 is 4.74 Å². The van der Waals surface area contributed by atoms with Gasteiger partial charge in [0.15, 0.2) is 0 Å². The predicted molar refractivity (Wildman–Crippen MR) is 71.9 cm³/mol. The van der Waals surface area contributed by atoms with E-state index in [1.54, 1.807) is 6.20 Å². The maximum Gasteiger partial charge on any atom is 0.218 e. The number of benzene rings is 1. The summed E-state index contributed by atoms with van der Waals surface area (Å²) in [7, 11) is 0. The van der Waals surface area contributed by atoms with E-state index in [9.17, 15) is 0 Å². The summed E-state index contributed by atoms with van der Waals surface area (Å²) in [6.07, 6.45) is 1.79. The van der Waals surface area contributed by atoms with Crippen LogP contribution in [0.5, 0.6) is 5.88 Å². The highest BCUT2D eigenvalue weighted by molar-refractivity contribution is 6.30. The van der Waals surface area contributed by atoms with Gasteiger partial charge in [0.05, 0.1) is 0 Å². The second-order valence-corrected chi connectivity index (χ2v) is 4.61. The molecule has 1 aromatic heterocycles. The van der Waals surface area contributed by atoms with Crippen LogP contribution in [0.2, 0.25) is 5.02 Å². The highest BCUT2D eigenvalue weighted by Gasteiger charge is 2.14. The van der Waals surface area contributed by atoms with Crippen molar-refractivity contribution in [3.63, 3.8) is 0 Å². The second-order valence-electron chi connectivity index (χ2n) is 4.17. The van der Waals surface area contributed by atoms with Crippen LogP contribution in [-0.2, 0) is 6.54 Å². The number of rotatable bonds is 1. The Balaban J connectivity index is 2.09. The van der Waals surface area contributed by atoms with Gasteiger partial charge in [0.1, 0.15) is 6.61 Å². The van der Waals surface area contributed by atoms with Crippen molar-refractivity contribution in [3.8, 4) is 17.0 Å². The van der Waals surface area contributed by atoms with E-state index in [0.29, 0.717) is 6.61 Å². The molecule has 0 radical (unpaired) electrons. The minimum absolute atomic E-state index is 0.657. The first-order chi connectivity index (χ1) is 8.84. The maximum absolute atomic E-state index is 5.92. The average Bonchev–Trinajstić information content (AvgIpc) is 2.64. The third-order valence-corrected chi connectivity index (χ3v) is 3.24. The van der Waals surface area contributed by atoms with Gasteiger partial charge in [0.2, 0.25) is 5.88 Å². The molecule has 0 unspecified atom stereocenters. The maximum atomic E-state index is 5.92. The number of nitrogens with zero attached hydrogens (tertiary/aromatic N) is 1. The zero-order valence-corrected chi connectivity index (χ0v) is 10.6. The molecule has 1 N–H and O–H groups in total. The summed E-state index contributed by atoms with van der Waals surface area (Å²) in [5, 5.41) is 4.08. The number of halogens is 1. The summed E-state index contributed by atoms with van der Waals surface area (Å²) in [4.78, 5) is 4.29. The zero-order chi connectivity index (χ0) is 12.4. The molecule has 0 saturated heterocycles. The molecule has 92 valence electrons. The Bertz CT molecular complexity index is 554. The van der Waals surface area contributed by atoms with Gasteiger partial charge >= 0.3 is 0 Å². The number of pyridine rings is 1. The summed E-state index contributed by atoms with van der Waals surface area (Å²) in [5.41, 5.74) is 3.38. The Labute approximate surface area is 111 Å². The van der Waals surface area contributed by atoms with Gasteiger partial charge in [0.25, 0.3) is 0 Å². The van der Waals surface area contributed by atoms with Crippen LogP contribution in [0, 0.1) is 0 Å². The number of aromatic nitrogens is 1. The van der Waals surface area contributed by atoms with Crippen LogP contribution in [0.1, 0.15) is 5.56 Å². The molecular weight excluding hydrogens is 248 g/mol. The van der Waals surface area contributed by atoms with Crippen LogP contribution < -0.4 is 10.1 Å². The van der Waals surface area contributed by atoms with Gasteiger partial charge in [0, 0.05) is 29.9 Å². The zero-order valence-electron chi connectivity index (χ0n) is 9.82. The Morgan fingerprint density at radius 1 is 1.17 bits per heavy atom. The standard InChI is InChI=1S/C14H13ClN2O/c15-11-3-1-10(2-4-11)12-5-6-17-14-13(12)9-16-7-8-18-14/h1-6,16H,7-9H2. The molecule has 3 rings (SSSR count). The van der Waals surface area contributed by atoms with E-state index in [1.807, 2.05) is 30.3 Å². The minimum Gasteiger partial charge on any atom is -0.476 e. The molecule has 0 spiro atoms. The van der Waals surface area contributed by atoms with E-state index in [2.05, 4.69) is 10.3 Å². The first kappa shape index (κ1) is 11.5. The van der Waals surface area contributed by atoms with Crippen molar-refractivity contribution >= 4 is 11.6 Å². The lowest BCUT2D eigenvalue weighted by atomic mass is 10.0. The van der Waals surface area contributed by atoms with E-state index in [1.165, 1.54) is 0 Å². The van der Waals surface area contributed by atoms with Gasteiger partial charge in [-0.15, -0.1) is 0 Å². The van der Waals surface area contributed by atoms with Gasteiger partial charge in [-0.3, -0.25) is 0 Å². The Morgan fingerprint density at radius 3 is 2.83 bits per heavy atom. The normalized spacial score (nSPS) is 14.5. The topological polar surface area (TPSA) is 34.2 Å². The second kappa shape index (κ2) is 4.96. The van der Waals surface area contributed by atoms with Crippen LogP contribution >= 0.6 is 11.6 Å². The molecule has 0 bridgehead atoms. The number of fused-ring (bicyclic) bond motifs is 1. The van der Waals surface area contributed by atoms with Crippen molar-refractivity contribution in [2.24, 2.45) is 0 Å². The molecule has 2 heterocycles. The van der Waals surface area contributed by atoms with Crippen molar-refractivity contribution in [3.05, 3.63) is 47.1 Å². The first-order valence-corrected chi connectivity index (χ1v) is 6.30. The largest absolute Gasteiger partial charge is 0.476 e. The molecule has 0 fully saturated rings. The fourth-order valence-electron chi connectivity index (χ4n) is 2.10. The van der Waals surface area contributed by atoms with Crippen molar-refractivity contribution in [1.29, 1.82) is 0 Å². The van der Waals surface area contributed by atoms with Gasteiger partial charge in [-0.05, 0) is 29.3 Å². The number of hydrogen-bond donors (Lipinski definition) is 1. The highest BCUT2D eigenvalue weighted by Crippen LogP contribution is 2.30. The molecule has 0 atom stereocenters. The van der Waals surface area contributed by atoms with Crippen LogP contribution in [-0.4, -0.2) is 18.1 Å².